The van der Waals surface area contributed by atoms with E-state index < -0.39 is 11.7 Å². The van der Waals surface area contributed by atoms with E-state index in [0.717, 1.165) is 6.42 Å². The largest absolute Gasteiger partial charge is 0.381 e. The van der Waals surface area contributed by atoms with E-state index >= 15 is 0 Å². The molecule has 2 amide bonds. The predicted octanol–water partition coefficient (Wildman–Crippen LogP) is 4.75. The molecule has 1 aliphatic rings. The van der Waals surface area contributed by atoms with Gasteiger partial charge in [-0.1, -0.05) is 35.9 Å². The summed E-state index contributed by atoms with van der Waals surface area (Å²) in [6.07, 6.45) is 2.36. The molecule has 1 saturated heterocycles. The Balaban J connectivity index is 1.43. The van der Waals surface area contributed by atoms with Gasteiger partial charge in [-0.15, -0.1) is 0 Å². The SMILES string of the molecule is O=C(NCC1CCOC1)c1cc(NC(=O)c2cc(-c3ncccc3F)ccc2Cl)n(-c2ccccc2)n1. The lowest BCUT2D eigenvalue weighted by atomic mass is 10.1. The molecule has 2 N–H and O–H groups in total. The van der Waals surface area contributed by atoms with Crippen molar-refractivity contribution in [1.82, 2.24) is 20.1 Å². The first-order valence-corrected chi connectivity index (χ1v) is 12.1. The summed E-state index contributed by atoms with van der Waals surface area (Å²) in [5.74, 6) is -0.884. The van der Waals surface area contributed by atoms with Crippen LogP contribution in [0, 0.1) is 11.7 Å². The van der Waals surface area contributed by atoms with Gasteiger partial charge in [0.25, 0.3) is 11.8 Å². The number of amides is 2. The number of carbonyl (C=O) groups is 2. The number of benzene rings is 2. The maximum atomic E-state index is 14.3. The molecule has 0 radical (unpaired) electrons. The molecular formula is C27H23ClFN5O3. The van der Waals surface area contributed by atoms with E-state index in [4.69, 9.17) is 16.3 Å². The number of rotatable bonds is 7. The first-order chi connectivity index (χ1) is 18.0. The number of nitrogens with zero attached hydrogens (tertiary/aromatic N) is 3. The summed E-state index contributed by atoms with van der Waals surface area (Å²) in [6.45, 7) is 1.78. The number of ether oxygens (including phenoxy) is 1. The molecule has 10 heteroatoms. The third-order valence-electron chi connectivity index (χ3n) is 6.00. The summed E-state index contributed by atoms with van der Waals surface area (Å²) in [4.78, 5) is 30.2. The number of hydrogen-bond acceptors (Lipinski definition) is 5. The molecule has 8 nitrogen and oxygen atoms in total. The zero-order valence-electron chi connectivity index (χ0n) is 19.7. The minimum Gasteiger partial charge on any atom is -0.381 e. The van der Waals surface area contributed by atoms with E-state index in [1.54, 1.807) is 18.2 Å². The normalized spacial score (nSPS) is 14.9. The summed E-state index contributed by atoms with van der Waals surface area (Å²) in [5, 5.41) is 10.3. The summed E-state index contributed by atoms with van der Waals surface area (Å²) in [6, 6.07) is 18.0. The van der Waals surface area contributed by atoms with Crippen LogP contribution in [0.5, 0.6) is 0 Å². The molecule has 5 rings (SSSR count). The van der Waals surface area contributed by atoms with Gasteiger partial charge >= 0.3 is 0 Å². The molecule has 0 aliphatic carbocycles. The maximum Gasteiger partial charge on any atom is 0.271 e. The number of pyridine rings is 1. The summed E-state index contributed by atoms with van der Waals surface area (Å²) >= 11 is 6.33. The number of hydrogen-bond donors (Lipinski definition) is 2. The zero-order chi connectivity index (χ0) is 25.8. The van der Waals surface area contributed by atoms with E-state index in [1.807, 2.05) is 18.2 Å². The standard InChI is InChI=1S/C27H23ClFN5O3/c28-21-9-8-18(25-22(29)7-4-11-30-25)13-20(21)26(35)32-24-14-23(27(36)31-15-17-10-12-37-16-17)33-34(24)19-5-2-1-3-6-19/h1-9,11,13-14,17H,10,12,15-16H2,(H,31,36)(H,32,35). The van der Waals surface area contributed by atoms with E-state index in [-0.39, 0.29) is 39.6 Å². The van der Waals surface area contributed by atoms with Crippen LogP contribution in [0.25, 0.3) is 16.9 Å². The van der Waals surface area contributed by atoms with Gasteiger partial charge in [-0.05, 0) is 42.8 Å². The van der Waals surface area contributed by atoms with Crippen LogP contribution in [-0.4, -0.2) is 46.3 Å². The van der Waals surface area contributed by atoms with Gasteiger partial charge in [0, 0.05) is 36.9 Å². The molecule has 1 unspecified atom stereocenters. The quantitative estimate of drug-likeness (QED) is 0.367. The van der Waals surface area contributed by atoms with Crippen molar-refractivity contribution in [3.05, 3.63) is 95.0 Å². The van der Waals surface area contributed by atoms with E-state index in [9.17, 15) is 14.0 Å². The van der Waals surface area contributed by atoms with Crippen molar-refractivity contribution in [2.45, 2.75) is 6.42 Å². The summed E-state index contributed by atoms with van der Waals surface area (Å²) < 4.78 is 21.1. The van der Waals surface area contributed by atoms with Crippen LogP contribution in [0.2, 0.25) is 5.02 Å². The number of carbonyl (C=O) groups excluding carboxylic acids is 2. The topological polar surface area (TPSA) is 98.1 Å². The van der Waals surface area contributed by atoms with Crippen molar-refractivity contribution in [1.29, 1.82) is 0 Å². The highest BCUT2D eigenvalue weighted by Gasteiger charge is 2.22. The minimum atomic E-state index is -0.546. The van der Waals surface area contributed by atoms with Gasteiger partial charge in [-0.25, -0.2) is 9.07 Å². The second-order valence-electron chi connectivity index (χ2n) is 8.58. The Kier molecular flexibility index (Phi) is 7.25. The second-order valence-corrected chi connectivity index (χ2v) is 8.99. The number of aromatic nitrogens is 3. The molecule has 4 aromatic rings. The lowest BCUT2D eigenvalue weighted by Gasteiger charge is -2.11. The molecule has 188 valence electrons. The monoisotopic (exact) mass is 519 g/mol. The molecule has 3 heterocycles. The van der Waals surface area contributed by atoms with Gasteiger partial charge in [0.15, 0.2) is 5.69 Å². The van der Waals surface area contributed by atoms with Crippen LogP contribution >= 0.6 is 11.6 Å². The van der Waals surface area contributed by atoms with Gasteiger partial charge in [0.05, 0.1) is 22.9 Å². The van der Waals surface area contributed by atoms with E-state index in [1.165, 1.54) is 41.2 Å². The Hall–Kier alpha value is -4.08. The Morgan fingerprint density at radius 2 is 1.92 bits per heavy atom. The third kappa shape index (κ3) is 5.52. The lowest BCUT2D eigenvalue weighted by Crippen LogP contribution is -2.29. The zero-order valence-corrected chi connectivity index (χ0v) is 20.4. The Morgan fingerprint density at radius 3 is 2.68 bits per heavy atom. The van der Waals surface area contributed by atoms with Gasteiger partial charge in [-0.3, -0.25) is 14.6 Å². The lowest BCUT2D eigenvalue weighted by molar-refractivity contribution is 0.0938. The van der Waals surface area contributed by atoms with Crippen LogP contribution in [-0.2, 0) is 4.74 Å². The van der Waals surface area contributed by atoms with Gasteiger partial charge < -0.3 is 15.4 Å². The second kappa shape index (κ2) is 10.9. The number of nitrogens with one attached hydrogen (secondary N) is 2. The highest BCUT2D eigenvalue weighted by molar-refractivity contribution is 6.34. The Bertz CT molecular complexity index is 1440. The fourth-order valence-corrected chi connectivity index (χ4v) is 4.25. The molecular weight excluding hydrogens is 497 g/mol. The molecule has 0 spiro atoms. The molecule has 1 fully saturated rings. The minimum absolute atomic E-state index is 0.106. The molecule has 1 atom stereocenters. The Labute approximate surface area is 217 Å². The van der Waals surface area contributed by atoms with E-state index in [2.05, 4.69) is 20.7 Å². The number of halogens is 2. The summed E-state index contributed by atoms with van der Waals surface area (Å²) in [7, 11) is 0. The van der Waals surface area contributed by atoms with Gasteiger partial charge in [0.2, 0.25) is 0 Å². The van der Waals surface area contributed by atoms with Crippen LogP contribution in [0.4, 0.5) is 10.2 Å². The fraction of sp³-hybridized carbons (Fsp3) is 0.185. The van der Waals surface area contributed by atoms with Gasteiger partial charge in [-0.2, -0.15) is 5.10 Å². The van der Waals surface area contributed by atoms with Crippen LogP contribution < -0.4 is 10.6 Å². The number of anilines is 1. The predicted molar refractivity (Wildman–Crippen MR) is 137 cm³/mol. The number of para-hydroxylation sites is 1. The fourth-order valence-electron chi connectivity index (χ4n) is 4.05. The van der Waals surface area contributed by atoms with Crippen molar-refractivity contribution >= 4 is 29.2 Å². The smallest absolute Gasteiger partial charge is 0.271 e. The highest BCUT2D eigenvalue weighted by atomic mass is 35.5. The van der Waals surface area contributed by atoms with Crippen LogP contribution in [0.15, 0.2) is 72.9 Å². The van der Waals surface area contributed by atoms with Crippen molar-refractivity contribution in [2.75, 3.05) is 25.1 Å². The Morgan fingerprint density at radius 1 is 1.08 bits per heavy atom. The van der Waals surface area contributed by atoms with Crippen molar-refractivity contribution in [3.63, 3.8) is 0 Å². The third-order valence-corrected chi connectivity index (χ3v) is 6.33. The van der Waals surface area contributed by atoms with Crippen molar-refractivity contribution < 1.29 is 18.7 Å². The molecule has 0 saturated carbocycles. The molecule has 2 aromatic carbocycles. The highest BCUT2D eigenvalue weighted by Crippen LogP contribution is 2.27. The average molecular weight is 520 g/mol. The first kappa shape index (κ1) is 24.6. The van der Waals surface area contributed by atoms with Gasteiger partial charge in [0.1, 0.15) is 17.3 Å². The molecule has 0 bridgehead atoms. The van der Waals surface area contributed by atoms with Crippen molar-refractivity contribution in [2.24, 2.45) is 5.92 Å². The first-order valence-electron chi connectivity index (χ1n) is 11.7. The molecule has 37 heavy (non-hydrogen) atoms. The molecule has 1 aliphatic heterocycles. The summed E-state index contributed by atoms with van der Waals surface area (Å²) in [5.41, 5.74) is 1.43. The van der Waals surface area contributed by atoms with E-state index in [0.29, 0.717) is 31.0 Å². The maximum absolute atomic E-state index is 14.3. The van der Waals surface area contributed by atoms with Crippen LogP contribution in [0.3, 0.4) is 0 Å². The molecule has 2 aromatic heterocycles. The average Bonchev–Trinajstić information content (AvgIpc) is 3.59. The van der Waals surface area contributed by atoms with Crippen molar-refractivity contribution in [3.8, 4) is 16.9 Å². The van der Waals surface area contributed by atoms with Crippen LogP contribution in [0.1, 0.15) is 27.3 Å².